The van der Waals surface area contributed by atoms with Crippen molar-refractivity contribution in [2.45, 2.75) is 31.2 Å². The SMILES string of the molecule is CC(C)CC(CN(C)C)NS(=O)(=O)c1cc(F)ccc1N. The van der Waals surface area contributed by atoms with Gasteiger partial charge in [-0.25, -0.2) is 17.5 Å². The molecular weight excluding hydrogens is 293 g/mol. The number of likely N-dealkylation sites (N-methyl/N-ethyl adjacent to an activating group) is 1. The number of rotatable bonds is 7. The Labute approximate surface area is 126 Å². The number of nitrogens with two attached hydrogens (primary N) is 1. The third kappa shape index (κ3) is 5.61. The first kappa shape index (κ1) is 17.9. The molecule has 0 saturated heterocycles. The molecule has 0 saturated carbocycles. The smallest absolute Gasteiger partial charge is 0.243 e. The van der Waals surface area contributed by atoms with Gasteiger partial charge in [-0.1, -0.05) is 13.8 Å². The molecule has 0 heterocycles. The number of nitrogens with zero attached hydrogens (tertiary/aromatic N) is 1. The van der Waals surface area contributed by atoms with E-state index in [1.54, 1.807) is 0 Å². The quantitative estimate of drug-likeness (QED) is 0.750. The lowest BCUT2D eigenvalue weighted by Gasteiger charge is -2.24. The van der Waals surface area contributed by atoms with Crippen molar-refractivity contribution in [3.05, 3.63) is 24.0 Å². The normalized spacial score (nSPS) is 13.9. The molecule has 7 heteroatoms. The molecule has 1 unspecified atom stereocenters. The van der Waals surface area contributed by atoms with E-state index < -0.39 is 15.8 Å². The van der Waals surface area contributed by atoms with Crippen LogP contribution in [0.5, 0.6) is 0 Å². The summed E-state index contributed by atoms with van der Waals surface area (Å²) in [4.78, 5) is 1.69. The lowest BCUT2D eigenvalue weighted by molar-refractivity contribution is 0.329. The van der Waals surface area contributed by atoms with Gasteiger partial charge in [0.25, 0.3) is 0 Å². The van der Waals surface area contributed by atoms with Crippen LogP contribution in [-0.4, -0.2) is 40.0 Å². The Morgan fingerprint density at radius 1 is 1.33 bits per heavy atom. The molecule has 0 aliphatic heterocycles. The second-order valence-electron chi connectivity index (χ2n) is 5.89. The van der Waals surface area contributed by atoms with E-state index in [2.05, 4.69) is 4.72 Å². The Morgan fingerprint density at radius 3 is 2.48 bits per heavy atom. The summed E-state index contributed by atoms with van der Waals surface area (Å²) in [6.45, 7) is 4.60. The van der Waals surface area contributed by atoms with E-state index in [1.807, 2.05) is 32.8 Å². The van der Waals surface area contributed by atoms with Crippen molar-refractivity contribution in [2.75, 3.05) is 26.4 Å². The number of hydrogen-bond donors (Lipinski definition) is 2. The monoisotopic (exact) mass is 317 g/mol. The number of sulfonamides is 1. The Hall–Kier alpha value is -1.18. The van der Waals surface area contributed by atoms with Crippen molar-refractivity contribution in [1.29, 1.82) is 0 Å². The Balaban J connectivity index is 3.02. The van der Waals surface area contributed by atoms with Crippen LogP contribution >= 0.6 is 0 Å². The molecule has 0 bridgehead atoms. The lowest BCUT2D eigenvalue weighted by atomic mass is 10.0. The first-order valence-electron chi connectivity index (χ1n) is 6.84. The van der Waals surface area contributed by atoms with Crippen molar-refractivity contribution in [2.24, 2.45) is 5.92 Å². The standard InChI is InChI=1S/C14H24FN3O2S/c1-10(2)7-12(9-18(3)4)17-21(19,20)14-8-11(15)5-6-13(14)16/h5-6,8,10,12,17H,7,9,16H2,1-4H3. The minimum Gasteiger partial charge on any atom is -0.398 e. The summed E-state index contributed by atoms with van der Waals surface area (Å²) in [5.41, 5.74) is 5.70. The fourth-order valence-corrected chi connectivity index (χ4v) is 3.58. The van der Waals surface area contributed by atoms with Gasteiger partial charge in [-0.05, 0) is 44.6 Å². The molecule has 0 radical (unpaired) electrons. The van der Waals surface area contributed by atoms with E-state index in [0.29, 0.717) is 18.9 Å². The van der Waals surface area contributed by atoms with Gasteiger partial charge >= 0.3 is 0 Å². The highest BCUT2D eigenvalue weighted by Crippen LogP contribution is 2.20. The van der Waals surface area contributed by atoms with Gasteiger partial charge in [0.2, 0.25) is 10.0 Å². The summed E-state index contributed by atoms with van der Waals surface area (Å²) < 4.78 is 40.7. The van der Waals surface area contributed by atoms with Gasteiger partial charge < -0.3 is 10.6 Å². The van der Waals surface area contributed by atoms with Gasteiger partial charge in [-0.2, -0.15) is 0 Å². The topological polar surface area (TPSA) is 75.4 Å². The first-order valence-corrected chi connectivity index (χ1v) is 8.32. The minimum absolute atomic E-state index is 0.0389. The lowest BCUT2D eigenvalue weighted by Crippen LogP contribution is -2.42. The summed E-state index contributed by atoms with van der Waals surface area (Å²) >= 11 is 0. The molecule has 1 aromatic rings. The van der Waals surface area contributed by atoms with Crippen LogP contribution in [0.3, 0.4) is 0 Å². The second kappa shape index (κ2) is 7.20. The zero-order valence-corrected chi connectivity index (χ0v) is 13.7. The Bertz CT molecular complexity index is 564. The number of benzene rings is 1. The third-order valence-corrected chi connectivity index (χ3v) is 4.50. The fourth-order valence-electron chi connectivity index (χ4n) is 2.19. The van der Waals surface area contributed by atoms with E-state index >= 15 is 0 Å². The summed E-state index contributed by atoms with van der Waals surface area (Å²) in [5.74, 6) is -0.292. The van der Waals surface area contributed by atoms with Crippen molar-refractivity contribution in [3.63, 3.8) is 0 Å². The molecule has 0 fully saturated rings. The number of halogens is 1. The summed E-state index contributed by atoms with van der Waals surface area (Å²) in [6, 6.07) is 3.08. The van der Waals surface area contributed by atoms with Crippen LogP contribution in [0.2, 0.25) is 0 Å². The summed E-state index contributed by atoms with van der Waals surface area (Å²) in [5, 5.41) is 0. The molecule has 1 rings (SSSR count). The second-order valence-corrected chi connectivity index (χ2v) is 7.57. The van der Waals surface area contributed by atoms with Crippen molar-refractivity contribution in [3.8, 4) is 0 Å². The first-order chi connectivity index (χ1) is 9.61. The maximum atomic E-state index is 13.3. The van der Waals surface area contributed by atoms with Crippen LogP contribution in [0.25, 0.3) is 0 Å². The maximum absolute atomic E-state index is 13.3. The van der Waals surface area contributed by atoms with Crippen LogP contribution in [0.15, 0.2) is 23.1 Å². The number of nitrogen functional groups attached to an aromatic ring is 1. The highest BCUT2D eigenvalue weighted by Gasteiger charge is 2.23. The molecule has 21 heavy (non-hydrogen) atoms. The molecule has 1 aromatic carbocycles. The summed E-state index contributed by atoms with van der Waals surface area (Å²) in [6.07, 6.45) is 0.687. The van der Waals surface area contributed by atoms with E-state index in [9.17, 15) is 12.8 Å². The fraction of sp³-hybridized carbons (Fsp3) is 0.571. The molecule has 0 aromatic heterocycles. The van der Waals surface area contributed by atoms with Gasteiger partial charge in [0.05, 0.1) is 5.69 Å². The van der Waals surface area contributed by atoms with Gasteiger partial charge in [-0.15, -0.1) is 0 Å². The van der Waals surface area contributed by atoms with E-state index in [0.717, 1.165) is 12.1 Å². The molecule has 5 nitrogen and oxygen atoms in total. The van der Waals surface area contributed by atoms with E-state index in [-0.39, 0.29) is 16.6 Å². The molecule has 0 aliphatic carbocycles. The maximum Gasteiger partial charge on any atom is 0.243 e. The van der Waals surface area contributed by atoms with Crippen LogP contribution in [0, 0.1) is 11.7 Å². The molecule has 3 N–H and O–H groups in total. The predicted octanol–water partition coefficient (Wildman–Crippen LogP) is 1.66. The van der Waals surface area contributed by atoms with Gasteiger partial charge in [0, 0.05) is 12.6 Å². The molecule has 0 spiro atoms. The largest absolute Gasteiger partial charge is 0.398 e. The molecule has 120 valence electrons. The Morgan fingerprint density at radius 2 is 1.95 bits per heavy atom. The average Bonchev–Trinajstić information content (AvgIpc) is 2.29. The van der Waals surface area contributed by atoms with Gasteiger partial charge in [0.15, 0.2) is 0 Å². The average molecular weight is 317 g/mol. The number of nitrogens with one attached hydrogen (secondary N) is 1. The number of hydrogen-bond acceptors (Lipinski definition) is 4. The van der Waals surface area contributed by atoms with Crippen LogP contribution in [-0.2, 0) is 10.0 Å². The van der Waals surface area contributed by atoms with E-state index in [4.69, 9.17) is 5.73 Å². The zero-order chi connectivity index (χ0) is 16.2. The highest BCUT2D eigenvalue weighted by molar-refractivity contribution is 7.89. The van der Waals surface area contributed by atoms with Crippen LogP contribution in [0.4, 0.5) is 10.1 Å². The molecule has 0 aliphatic rings. The van der Waals surface area contributed by atoms with Gasteiger partial charge in [-0.3, -0.25) is 0 Å². The van der Waals surface area contributed by atoms with Crippen molar-refractivity contribution < 1.29 is 12.8 Å². The van der Waals surface area contributed by atoms with E-state index in [1.165, 1.54) is 6.07 Å². The van der Waals surface area contributed by atoms with Gasteiger partial charge in [0.1, 0.15) is 10.7 Å². The third-order valence-electron chi connectivity index (χ3n) is 2.93. The van der Waals surface area contributed by atoms with Crippen molar-refractivity contribution in [1.82, 2.24) is 9.62 Å². The zero-order valence-electron chi connectivity index (χ0n) is 12.9. The molecule has 1 atom stereocenters. The van der Waals surface area contributed by atoms with Crippen molar-refractivity contribution >= 4 is 15.7 Å². The predicted molar refractivity (Wildman–Crippen MR) is 82.9 cm³/mol. The molecular formula is C14H24FN3O2S. The van der Waals surface area contributed by atoms with Crippen LogP contribution in [0.1, 0.15) is 20.3 Å². The number of anilines is 1. The minimum atomic E-state index is -3.85. The van der Waals surface area contributed by atoms with Crippen LogP contribution < -0.4 is 10.5 Å². The Kier molecular flexibility index (Phi) is 6.12. The molecule has 0 amide bonds. The highest BCUT2D eigenvalue weighted by atomic mass is 32.2. The summed E-state index contributed by atoms with van der Waals surface area (Å²) in [7, 11) is -0.0992.